The maximum atomic E-state index is 11.9. The van der Waals surface area contributed by atoms with Gasteiger partial charge in [-0.15, -0.1) is 21.5 Å². The highest BCUT2D eigenvalue weighted by atomic mass is 32.2. The van der Waals surface area contributed by atoms with Crippen molar-refractivity contribution < 1.29 is 4.79 Å². The van der Waals surface area contributed by atoms with E-state index in [2.05, 4.69) is 46.7 Å². The molecule has 23 heavy (non-hydrogen) atoms. The molecule has 0 radical (unpaired) electrons. The number of thioether (sulfide) groups is 1. The van der Waals surface area contributed by atoms with Crippen LogP contribution >= 0.6 is 23.1 Å². The summed E-state index contributed by atoms with van der Waals surface area (Å²) >= 11 is 3.02. The molecule has 6 heteroatoms. The number of aromatic nitrogens is 2. The van der Waals surface area contributed by atoms with E-state index in [-0.39, 0.29) is 5.91 Å². The zero-order valence-corrected chi connectivity index (χ0v) is 14.2. The predicted octanol–water partition coefficient (Wildman–Crippen LogP) is 4.39. The summed E-state index contributed by atoms with van der Waals surface area (Å²) in [6.07, 6.45) is 0. The van der Waals surface area contributed by atoms with E-state index in [9.17, 15) is 4.79 Å². The van der Waals surface area contributed by atoms with Crippen molar-refractivity contribution in [1.29, 1.82) is 0 Å². The Bertz CT molecular complexity index is 786. The van der Waals surface area contributed by atoms with Gasteiger partial charge in [-0.05, 0) is 36.1 Å². The maximum absolute atomic E-state index is 11.9. The van der Waals surface area contributed by atoms with Gasteiger partial charge in [-0.2, -0.15) is 0 Å². The van der Waals surface area contributed by atoms with Crippen LogP contribution in [-0.2, 0) is 5.75 Å². The number of benzene rings is 1. The highest BCUT2D eigenvalue weighted by Crippen LogP contribution is 2.21. The molecule has 0 unspecified atom stereocenters. The van der Waals surface area contributed by atoms with Gasteiger partial charge in [-0.25, -0.2) is 0 Å². The first kappa shape index (κ1) is 15.7. The number of carbonyl (C=O) groups excluding carboxylic acids is 1. The van der Waals surface area contributed by atoms with Gasteiger partial charge < -0.3 is 5.32 Å². The molecular weight excluding hydrogens is 326 g/mol. The number of amides is 1. The number of nitrogens with zero attached hydrogens (tertiary/aromatic N) is 2. The minimum atomic E-state index is -0.158. The normalized spacial score (nSPS) is 10.5. The molecule has 0 aliphatic carbocycles. The summed E-state index contributed by atoms with van der Waals surface area (Å²) in [6, 6.07) is 15.7. The van der Waals surface area contributed by atoms with Crippen molar-refractivity contribution in [3.8, 4) is 0 Å². The van der Waals surface area contributed by atoms with E-state index in [1.807, 2.05) is 17.5 Å². The van der Waals surface area contributed by atoms with E-state index in [4.69, 9.17) is 0 Å². The molecule has 2 aromatic heterocycles. The molecule has 4 nitrogen and oxygen atoms in total. The van der Waals surface area contributed by atoms with E-state index in [1.54, 1.807) is 23.9 Å². The number of hydrogen-bond acceptors (Lipinski definition) is 5. The van der Waals surface area contributed by atoms with Crippen LogP contribution < -0.4 is 5.32 Å². The van der Waals surface area contributed by atoms with Crippen LogP contribution in [-0.4, -0.2) is 16.1 Å². The van der Waals surface area contributed by atoms with Crippen LogP contribution in [0.15, 0.2) is 58.9 Å². The highest BCUT2D eigenvalue weighted by Gasteiger charge is 2.08. The number of nitrogens with one attached hydrogen (secondary N) is 1. The minimum Gasteiger partial charge on any atom is -0.304 e. The van der Waals surface area contributed by atoms with Crippen LogP contribution in [0, 0.1) is 6.92 Å². The molecule has 0 atom stereocenters. The van der Waals surface area contributed by atoms with Gasteiger partial charge in [0.05, 0.1) is 4.88 Å². The molecule has 0 spiro atoms. The van der Waals surface area contributed by atoms with Crippen molar-refractivity contribution in [3.63, 3.8) is 0 Å². The van der Waals surface area contributed by atoms with Crippen molar-refractivity contribution >= 4 is 34.8 Å². The summed E-state index contributed by atoms with van der Waals surface area (Å²) < 4.78 is 0. The van der Waals surface area contributed by atoms with E-state index < -0.39 is 0 Å². The lowest BCUT2D eigenvalue weighted by Crippen LogP contribution is -2.11. The summed E-state index contributed by atoms with van der Waals surface area (Å²) in [4.78, 5) is 12.6. The van der Waals surface area contributed by atoms with Gasteiger partial charge in [0.25, 0.3) is 5.91 Å². The van der Waals surface area contributed by atoms with Crippen molar-refractivity contribution in [2.75, 3.05) is 5.32 Å². The molecule has 0 fully saturated rings. The number of anilines is 1. The molecule has 0 bridgehead atoms. The first-order valence-corrected chi connectivity index (χ1v) is 8.94. The lowest BCUT2D eigenvalue weighted by atomic mass is 10.2. The van der Waals surface area contributed by atoms with Crippen molar-refractivity contribution in [2.24, 2.45) is 0 Å². The fourth-order valence-electron chi connectivity index (χ4n) is 2.01. The summed E-state index contributed by atoms with van der Waals surface area (Å²) in [5, 5.41) is 13.7. The minimum absolute atomic E-state index is 0.158. The predicted molar refractivity (Wildman–Crippen MR) is 95.0 cm³/mol. The van der Waals surface area contributed by atoms with Crippen molar-refractivity contribution in [2.45, 2.75) is 17.7 Å². The topological polar surface area (TPSA) is 54.9 Å². The van der Waals surface area contributed by atoms with Crippen LogP contribution in [0.4, 0.5) is 5.82 Å². The van der Waals surface area contributed by atoms with E-state index in [1.165, 1.54) is 22.5 Å². The SMILES string of the molecule is Cc1cccc(CSc2ccc(NC(=O)c3cccs3)nn2)c1. The first-order valence-electron chi connectivity index (χ1n) is 7.07. The molecule has 0 aliphatic rings. The Balaban J connectivity index is 1.58. The third-order valence-corrected chi connectivity index (χ3v) is 4.96. The molecule has 0 saturated carbocycles. The Morgan fingerprint density at radius 2 is 2.09 bits per heavy atom. The van der Waals surface area contributed by atoms with Crippen molar-refractivity contribution in [3.05, 3.63) is 69.9 Å². The molecule has 3 aromatic rings. The molecular formula is C17H15N3OS2. The monoisotopic (exact) mass is 341 g/mol. The average molecular weight is 341 g/mol. The van der Waals surface area contributed by atoms with Crippen LogP contribution in [0.5, 0.6) is 0 Å². The second kappa shape index (κ2) is 7.39. The summed E-state index contributed by atoms with van der Waals surface area (Å²) in [5.74, 6) is 1.15. The van der Waals surface area contributed by atoms with Crippen LogP contribution in [0.2, 0.25) is 0 Å². The smallest absolute Gasteiger partial charge is 0.266 e. The Hall–Kier alpha value is -2.18. The zero-order valence-electron chi connectivity index (χ0n) is 12.5. The molecule has 3 rings (SSSR count). The molecule has 1 aromatic carbocycles. The Morgan fingerprint density at radius 3 is 2.78 bits per heavy atom. The van der Waals surface area contributed by atoms with Crippen LogP contribution in [0.1, 0.15) is 20.8 Å². The van der Waals surface area contributed by atoms with Crippen molar-refractivity contribution in [1.82, 2.24) is 10.2 Å². The Labute approximate surface area is 143 Å². The van der Waals surface area contributed by atoms with Gasteiger partial charge in [-0.3, -0.25) is 4.79 Å². The standard InChI is InChI=1S/C17H15N3OS2/c1-12-4-2-5-13(10-12)11-23-16-8-7-15(19-20-16)18-17(21)14-6-3-9-22-14/h2-10H,11H2,1H3,(H,18,19,21). The zero-order chi connectivity index (χ0) is 16.1. The molecule has 1 amide bonds. The highest BCUT2D eigenvalue weighted by molar-refractivity contribution is 7.98. The van der Waals surface area contributed by atoms with Gasteiger partial charge >= 0.3 is 0 Å². The van der Waals surface area contributed by atoms with Crippen LogP contribution in [0.3, 0.4) is 0 Å². The van der Waals surface area contributed by atoms with E-state index >= 15 is 0 Å². The average Bonchev–Trinajstić information content (AvgIpc) is 3.09. The second-order valence-electron chi connectivity index (χ2n) is 4.97. The number of hydrogen-bond donors (Lipinski definition) is 1. The summed E-state index contributed by atoms with van der Waals surface area (Å²) in [5.41, 5.74) is 2.51. The summed E-state index contributed by atoms with van der Waals surface area (Å²) in [7, 11) is 0. The lowest BCUT2D eigenvalue weighted by molar-refractivity contribution is 0.103. The molecule has 0 saturated heterocycles. The van der Waals surface area contributed by atoms with Gasteiger partial charge in [0, 0.05) is 5.75 Å². The maximum Gasteiger partial charge on any atom is 0.266 e. The number of rotatable bonds is 5. The molecule has 1 N–H and O–H groups in total. The third kappa shape index (κ3) is 4.40. The quantitative estimate of drug-likeness (QED) is 0.699. The largest absolute Gasteiger partial charge is 0.304 e. The number of aryl methyl sites for hydroxylation is 1. The number of thiophene rings is 1. The Morgan fingerprint density at radius 1 is 1.17 bits per heavy atom. The molecule has 0 aliphatic heterocycles. The Kier molecular flexibility index (Phi) is 5.05. The van der Waals surface area contributed by atoms with Crippen LogP contribution in [0.25, 0.3) is 0 Å². The lowest BCUT2D eigenvalue weighted by Gasteiger charge is -2.04. The molecule has 2 heterocycles. The second-order valence-corrected chi connectivity index (χ2v) is 6.91. The fraction of sp³-hybridized carbons (Fsp3) is 0.118. The van der Waals surface area contributed by atoms with Gasteiger partial charge in [0.1, 0.15) is 5.03 Å². The number of carbonyl (C=O) groups is 1. The van der Waals surface area contributed by atoms with Gasteiger partial charge in [0.15, 0.2) is 5.82 Å². The van der Waals surface area contributed by atoms with Gasteiger partial charge in [-0.1, -0.05) is 47.7 Å². The first-order chi connectivity index (χ1) is 11.2. The van der Waals surface area contributed by atoms with E-state index in [0.29, 0.717) is 10.7 Å². The fourth-order valence-corrected chi connectivity index (χ4v) is 3.38. The van der Waals surface area contributed by atoms with E-state index in [0.717, 1.165) is 10.8 Å². The molecule has 116 valence electrons. The summed E-state index contributed by atoms with van der Waals surface area (Å²) in [6.45, 7) is 2.08. The van der Waals surface area contributed by atoms with Gasteiger partial charge in [0.2, 0.25) is 0 Å². The third-order valence-electron chi connectivity index (χ3n) is 3.10.